The largest absolute Gasteiger partial charge is 0.379 e. The summed E-state index contributed by atoms with van der Waals surface area (Å²) in [5, 5.41) is 3.14. The zero-order valence-corrected chi connectivity index (χ0v) is 13.8. The molecular weight excluding hydrogens is 284 g/mol. The van der Waals surface area contributed by atoms with Gasteiger partial charge in [0.2, 0.25) is 0 Å². The molecule has 1 aliphatic rings. The van der Waals surface area contributed by atoms with Crippen LogP contribution in [-0.2, 0) is 4.74 Å². The molecule has 0 bridgehead atoms. The van der Waals surface area contributed by atoms with Gasteiger partial charge in [0.25, 0.3) is 0 Å². The highest BCUT2D eigenvalue weighted by atomic mass is 32.1. The molecule has 5 nitrogen and oxygen atoms in total. The Hall–Kier alpha value is -1.11. The molecule has 6 heteroatoms. The van der Waals surface area contributed by atoms with Crippen molar-refractivity contribution in [3.05, 3.63) is 21.9 Å². The van der Waals surface area contributed by atoms with E-state index in [1.807, 2.05) is 11.3 Å². The second-order valence-electron chi connectivity index (χ2n) is 5.27. The van der Waals surface area contributed by atoms with E-state index in [1.54, 1.807) is 0 Å². The topological polar surface area (TPSA) is 62.9 Å². The van der Waals surface area contributed by atoms with E-state index in [1.165, 1.54) is 9.75 Å². The summed E-state index contributed by atoms with van der Waals surface area (Å²) >= 11 is 1.85. The van der Waals surface area contributed by atoms with Crippen molar-refractivity contribution in [1.29, 1.82) is 0 Å². The molecule has 1 aromatic rings. The molecule has 1 fully saturated rings. The molecule has 0 amide bonds. The Kier molecular flexibility index (Phi) is 6.48. The first-order valence-corrected chi connectivity index (χ1v) is 8.44. The first-order valence-electron chi connectivity index (χ1n) is 7.62. The van der Waals surface area contributed by atoms with Gasteiger partial charge in [-0.05, 0) is 25.5 Å². The molecule has 0 aliphatic carbocycles. The van der Waals surface area contributed by atoms with E-state index >= 15 is 0 Å². The van der Waals surface area contributed by atoms with Crippen molar-refractivity contribution in [2.75, 3.05) is 39.4 Å². The number of nitrogens with zero attached hydrogens (tertiary/aromatic N) is 2. The van der Waals surface area contributed by atoms with Crippen LogP contribution in [0, 0.1) is 6.92 Å². The van der Waals surface area contributed by atoms with Crippen LogP contribution in [0.15, 0.2) is 17.1 Å². The van der Waals surface area contributed by atoms with Crippen LogP contribution in [0.4, 0.5) is 0 Å². The lowest BCUT2D eigenvalue weighted by Gasteiger charge is -2.33. The molecule has 1 aromatic heterocycles. The number of guanidine groups is 1. The Labute approximate surface area is 131 Å². The highest BCUT2D eigenvalue weighted by molar-refractivity contribution is 7.12. The molecule has 1 atom stereocenters. The molecule has 3 N–H and O–H groups in total. The average Bonchev–Trinajstić information content (AvgIpc) is 2.93. The van der Waals surface area contributed by atoms with Gasteiger partial charge < -0.3 is 15.8 Å². The number of nitrogens with one attached hydrogen (secondary N) is 1. The first-order chi connectivity index (χ1) is 10.2. The predicted octanol–water partition coefficient (Wildman–Crippen LogP) is 1.74. The van der Waals surface area contributed by atoms with Crippen LogP contribution in [0.3, 0.4) is 0 Å². The SMILES string of the molecule is CCCNC(N)=NCC(c1ccc(C)s1)N1CCOCC1. The highest BCUT2D eigenvalue weighted by Gasteiger charge is 2.23. The molecule has 118 valence electrons. The summed E-state index contributed by atoms with van der Waals surface area (Å²) in [6, 6.07) is 4.69. The number of rotatable bonds is 6. The van der Waals surface area contributed by atoms with E-state index in [4.69, 9.17) is 10.5 Å². The van der Waals surface area contributed by atoms with Gasteiger partial charge >= 0.3 is 0 Å². The molecule has 2 rings (SSSR count). The maximum Gasteiger partial charge on any atom is 0.188 e. The number of hydrogen-bond donors (Lipinski definition) is 2. The smallest absolute Gasteiger partial charge is 0.188 e. The molecular formula is C15H26N4OS. The number of nitrogens with two attached hydrogens (primary N) is 1. The summed E-state index contributed by atoms with van der Waals surface area (Å²) in [5.41, 5.74) is 5.92. The molecule has 21 heavy (non-hydrogen) atoms. The van der Waals surface area contributed by atoms with Gasteiger partial charge in [0.05, 0.1) is 25.8 Å². The van der Waals surface area contributed by atoms with Gasteiger partial charge in [0.15, 0.2) is 5.96 Å². The Balaban J connectivity index is 2.04. The third kappa shape index (κ3) is 4.98. The van der Waals surface area contributed by atoms with Crippen molar-refractivity contribution in [2.24, 2.45) is 10.7 Å². The van der Waals surface area contributed by atoms with E-state index < -0.39 is 0 Å². The monoisotopic (exact) mass is 310 g/mol. The third-order valence-electron chi connectivity index (χ3n) is 3.57. The van der Waals surface area contributed by atoms with Crippen LogP contribution >= 0.6 is 11.3 Å². The minimum Gasteiger partial charge on any atom is -0.379 e. The van der Waals surface area contributed by atoms with Crippen molar-refractivity contribution in [3.8, 4) is 0 Å². The molecule has 0 spiro atoms. The second-order valence-corrected chi connectivity index (χ2v) is 6.58. The number of thiophene rings is 1. The fourth-order valence-corrected chi connectivity index (χ4v) is 3.40. The molecule has 0 radical (unpaired) electrons. The minimum absolute atomic E-state index is 0.301. The Morgan fingerprint density at radius 2 is 2.24 bits per heavy atom. The van der Waals surface area contributed by atoms with Gasteiger partial charge in [0, 0.05) is 29.4 Å². The van der Waals surface area contributed by atoms with Crippen LogP contribution in [0.5, 0.6) is 0 Å². The normalized spacial score (nSPS) is 18.7. The minimum atomic E-state index is 0.301. The molecule has 1 aliphatic heterocycles. The molecule has 1 unspecified atom stereocenters. The van der Waals surface area contributed by atoms with E-state index in [0.29, 0.717) is 18.5 Å². The maximum atomic E-state index is 5.92. The Morgan fingerprint density at radius 3 is 2.86 bits per heavy atom. The zero-order valence-electron chi connectivity index (χ0n) is 13.0. The van der Waals surface area contributed by atoms with Gasteiger partial charge in [-0.1, -0.05) is 6.92 Å². The van der Waals surface area contributed by atoms with Crippen LogP contribution in [0.1, 0.15) is 29.1 Å². The number of morpholine rings is 1. The summed E-state index contributed by atoms with van der Waals surface area (Å²) < 4.78 is 5.46. The van der Waals surface area contributed by atoms with Crippen molar-refractivity contribution < 1.29 is 4.74 Å². The van der Waals surface area contributed by atoms with E-state index in [9.17, 15) is 0 Å². The van der Waals surface area contributed by atoms with Crippen LogP contribution in [0.2, 0.25) is 0 Å². The summed E-state index contributed by atoms with van der Waals surface area (Å²) in [4.78, 5) is 9.68. The molecule has 1 saturated heterocycles. The standard InChI is InChI=1S/C15H26N4OS/c1-3-6-17-15(16)18-11-13(14-5-4-12(2)21-14)19-7-9-20-10-8-19/h4-5,13H,3,6-11H2,1-2H3,(H3,16,17,18). The van der Waals surface area contributed by atoms with Crippen molar-refractivity contribution >= 4 is 17.3 Å². The van der Waals surface area contributed by atoms with E-state index in [0.717, 1.165) is 39.3 Å². The van der Waals surface area contributed by atoms with Crippen LogP contribution in [-0.4, -0.2) is 50.3 Å². The van der Waals surface area contributed by atoms with Crippen molar-refractivity contribution in [2.45, 2.75) is 26.3 Å². The number of ether oxygens (including phenoxy) is 1. The summed E-state index contributed by atoms with van der Waals surface area (Å²) in [7, 11) is 0. The predicted molar refractivity (Wildman–Crippen MR) is 89.0 cm³/mol. The second kappa shape index (κ2) is 8.36. The lowest BCUT2D eigenvalue weighted by Crippen LogP contribution is -2.40. The van der Waals surface area contributed by atoms with E-state index in [2.05, 4.69) is 41.2 Å². The number of aliphatic imine (C=N–C) groups is 1. The summed E-state index contributed by atoms with van der Waals surface area (Å²) in [6.07, 6.45) is 1.05. The Morgan fingerprint density at radius 1 is 1.48 bits per heavy atom. The summed E-state index contributed by atoms with van der Waals surface area (Å²) in [6.45, 7) is 9.34. The first kappa shape index (κ1) is 16.3. The van der Waals surface area contributed by atoms with Gasteiger partial charge in [-0.2, -0.15) is 0 Å². The van der Waals surface area contributed by atoms with Crippen LogP contribution < -0.4 is 11.1 Å². The lowest BCUT2D eigenvalue weighted by molar-refractivity contribution is 0.0187. The quantitative estimate of drug-likeness (QED) is 0.621. The lowest BCUT2D eigenvalue weighted by atomic mass is 10.2. The third-order valence-corrected chi connectivity index (χ3v) is 4.67. The molecule has 2 heterocycles. The number of aryl methyl sites for hydroxylation is 1. The fourth-order valence-electron chi connectivity index (χ4n) is 2.40. The average molecular weight is 310 g/mol. The molecule has 0 aromatic carbocycles. The van der Waals surface area contributed by atoms with Gasteiger partial charge in [-0.25, -0.2) is 0 Å². The van der Waals surface area contributed by atoms with Gasteiger partial charge in [-0.15, -0.1) is 11.3 Å². The zero-order chi connectivity index (χ0) is 15.1. The van der Waals surface area contributed by atoms with E-state index in [-0.39, 0.29) is 0 Å². The van der Waals surface area contributed by atoms with Crippen LogP contribution in [0.25, 0.3) is 0 Å². The maximum absolute atomic E-state index is 5.92. The van der Waals surface area contributed by atoms with Crippen molar-refractivity contribution in [3.63, 3.8) is 0 Å². The Bertz CT molecular complexity index is 454. The van der Waals surface area contributed by atoms with Crippen molar-refractivity contribution in [1.82, 2.24) is 10.2 Å². The number of hydrogen-bond acceptors (Lipinski definition) is 4. The summed E-state index contributed by atoms with van der Waals surface area (Å²) in [5.74, 6) is 0.545. The highest BCUT2D eigenvalue weighted by Crippen LogP contribution is 2.28. The molecule has 0 saturated carbocycles. The fraction of sp³-hybridized carbons (Fsp3) is 0.667. The van der Waals surface area contributed by atoms with Gasteiger partial charge in [0.1, 0.15) is 0 Å². The van der Waals surface area contributed by atoms with Gasteiger partial charge in [-0.3, -0.25) is 9.89 Å².